The van der Waals surface area contributed by atoms with Crippen molar-refractivity contribution in [1.29, 1.82) is 0 Å². The fourth-order valence-electron chi connectivity index (χ4n) is 1.11. The monoisotopic (exact) mass is 235 g/mol. The van der Waals surface area contributed by atoms with Crippen LogP contribution in [0.4, 0.5) is 4.79 Å². The van der Waals surface area contributed by atoms with Crippen LogP contribution in [0.2, 0.25) is 0 Å². The predicted octanol–water partition coefficient (Wildman–Crippen LogP) is 2.05. The van der Waals surface area contributed by atoms with E-state index in [1.54, 1.807) is 0 Å². The molecule has 0 heterocycles. The van der Waals surface area contributed by atoms with E-state index in [2.05, 4.69) is 4.74 Å². The second-order valence-corrected chi connectivity index (χ2v) is 4.48. The van der Waals surface area contributed by atoms with Crippen molar-refractivity contribution >= 4 is 23.5 Å². The van der Waals surface area contributed by atoms with Gasteiger partial charge in [-0.2, -0.15) is 0 Å². The highest BCUT2D eigenvalue weighted by molar-refractivity contribution is 6.27. The first kappa shape index (κ1) is 14.2. The zero-order chi connectivity index (χ0) is 12.1. The average Bonchev–Trinajstić information content (AvgIpc) is 2.15. The van der Waals surface area contributed by atoms with E-state index in [4.69, 9.17) is 11.6 Å². The average molecular weight is 236 g/mol. The van der Waals surface area contributed by atoms with Crippen molar-refractivity contribution in [3.8, 4) is 0 Å². The zero-order valence-corrected chi connectivity index (χ0v) is 10.4. The Bertz CT molecular complexity index is 235. The lowest BCUT2D eigenvalue weighted by molar-refractivity contribution is -0.117. The van der Waals surface area contributed by atoms with Gasteiger partial charge in [0.05, 0.1) is 13.0 Å². The van der Waals surface area contributed by atoms with E-state index in [1.807, 2.05) is 20.8 Å². The second-order valence-electron chi connectivity index (χ2n) is 4.21. The van der Waals surface area contributed by atoms with E-state index in [9.17, 15) is 9.59 Å². The molecule has 0 N–H and O–H groups in total. The Hall–Kier alpha value is -0.770. The molecule has 0 radical (unpaired) electrons. The van der Waals surface area contributed by atoms with Crippen molar-refractivity contribution in [2.75, 3.05) is 19.5 Å². The van der Waals surface area contributed by atoms with E-state index in [0.717, 1.165) is 0 Å². The molecular formula is C10H18ClNO3. The van der Waals surface area contributed by atoms with Crippen molar-refractivity contribution in [3.63, 3.8) is 0 Å². The van der Waals surface area contributed by atoms with E-state index in [-0.39, 0.29) is 23.6 Å². The van der Waals surface area contributed by atoms with Crippen LogP contribution in [0.25, 0.3) is 0 Å². The number of carbonyl (C=O) groups is 2. The molecule has 0 aliphatic carbocycles. The van der Waals surface area contributed by atoms with Gasteiger partial charge < -0.3 is 9.64 Å². The first-order valence-corrected chi connectivity index (χ1v) is 5.29. The molecule has 0 atom stereocenters. The molecule has 0 aromatic carbocycles. The Balaban J connectivity index is 4.40. The number of hydrogen-bond acceptors (Lipinski definition) is 3. The van der Waals surface area contributed by atoms with Gasteiger partial charge in [0.2, 0.25) is 0 Å². The summed E-state index contributed by atoms with van der Waals surface area (Å²) in [4.78, 5) is 24.0. The van der Waals surface area contributed by atoms with Crippen molar-refractivity contribution in [2.24, 2.45) is 0 Å². The summed E-state index contributed by atoms with van der Waals surface area (Å²) >= 11 is 5.38. The number of Topliss-reactive ketones (excluding diaryl/α,β-unsaturated/α-hetero) is 1. The van der Waals surface area contributed by atoms with Crippen LogP contribution in [-0.4, -0.2) is 41.8 Å². The van der Waals surface area contributed by atoms with Gasteiger partial charge in [0, 0.05) is 18.5 Å². The molecular weight excluding hydrogens is 218 g/mol. The number of hydrogen-bond donors (Lipinski definition) is 0. The molecule has 0 fully saturated rings. The number of rotatable bonds is 4. The summed E-state index contributed by atoms with van der Waals surface area (Å²) in [5.41, 5.74) is -0.361. The van der Waals surface area contributed by atoms with E-state index < -0.39 is 6.09 Å². The van der Waals surface area contributed by atoms with E-state index >= 15 is 0 Å². The van der Waals surface area contributed by atoms with Crippen LogP contribution in [0.1, 0.15) is 27.2 Å². The molecule has 0 saturated heterocycles. The van der Waals surface area contributed by atoms with Crippen LogP contribution in [-0.2, 0) is 9.53 Å². The van der Waals surface area contributed by atoms with Crippen LogP contribution in [0.15, 0.2) is 0 Å². The third kappa shape index (κ3) is 5.02. The Morgan fingerprint density at radius 2 is 1.87 bits per heavy atom. The van der Waals surface area contributed by atoms with Crippen LogP contribution in [0.5, 0.6) is 0 Å². The molecule has 0 unspecified atom stereocenters. The number of halogens is 1. The first-order valence-electron chi connectivity index (χ1n) is 4.76. The number of ether oxygens (including phenoxy) is 1. The molecule has 1 amide bonds. The standard InChI is InChI=1S/C10H18ClNO3/c1-10(2,3)12(9(14)15-4)6-5-8(13)7-11/h5-7H2,1-4H3. The summed E-state index contributed by atoms with van der Waals surface area (Å²) in [5, 5.41) is 0. The minimum atomic E-state index is -0.426. The first-order chi connectivity index (χ1) is 6.82. The third-order valence-corrected chi connectivity index (χ3v) is 2.27. The number of nitrogens with zero attached hydrogens (tertiary/aromatic N) is 1. The largest absolute Gasteiger partial charge is 0.453 e. The maximum atomic E-state index is 11.4. The maximum Gasteiger partial charge on any atom is 0.409 e. The summed E-state index contributed by atoms with van der Waals surface area (Å²) in [5.74, 6) is -0.0890. The highest BCUT2D eigenvalue weighted by atomic mass is 35.5. The molecule has 0 rings (SSSR count). The molecule has 0 aromatic heterocycles. The molecule has 0 aliphatic heterocycles. The molecule has 88 valence electrons. The van der Waals surface area contributed by atoms with Crippen LogP contribution < -0.4 is 0 Å². The molecule has 0 bridgehead atoms. The summed E-state index contributed by atoms with van der Waals surface area (Å²) in [6.07, 6.45) is -0.166. The van der Waals surface area contributed by atoms with Crippen LogP contribution in [0.3, 0.4) is 0 Å². The number of methoxy groups -OCH3 is 1. The molecule has 5 heteroatoms. The van der Waals surface area contributed by atoms with Crippen molar-refractivity contribution in [2.45, 2.75) is 32.7 Å². The van der Waals surface area contributed by atoms with Gasteiger partial charge in [0.15, 0.2) is 0 Å². The van der Waals surface area contributed by atoms with Gasteiger partial charge >= 0.3 is 6.09 Å². The Morgan fingerprint density at radius 3 is 2.20 bits per heavy atom. The fraction of sp³-hybridized carbons (Fsp3) is 0.800. The number of amides is 1. The predicted molar refractivity (Wildman–Crippen MR) is 59.2 cm³/mol. The number of ketones is 1. The Kier molecular flexibility index (Phi) is 5.65. The molecule has 4 nitrogen and oxygen atoms in total. The quantitative estimate of drug-likeness (QED) is 0.701. The van der Waals surface area contributed by atoms with Gasteiger partial charge in [-0.3, -0.25) is 4.79 Å². The van der Waals surface area contributed by atoms with Gasteiger partial charge in [0.1, 0.15) is 5.78 Å². The number of carbonyl (C=O) groups excluding carboxylic acids is 2. The highest BCUT2D eigenvalue weighted by Crippen LogP contribution is 2.15. The Labute approximate surface area is 95.5 Å². The number of alkyl halides is 1. The zero-order valence-electron chi connectivity index (χ0n) is 9.67. The smallest absolute Gasteiger partial charge is 0.409 e. The molecule has 0 aliphatic rings. The lowest BCUT2D eigenvalue weighted by Gasteiger charge is -2.34. The van der Waals surface area contributed by atoms with E-state index in [1.165, 1.54) is 12.0 Å². The topological polar surface area (TPSA) is 46.6 Å². The Morgan fingerprint density at radius 1 is 1.33 bits per heavy atom. The minimum Gasteiger partial charge on any atom is -0.453 e. The van der Waals surface area contributed by atoms with Gasteiger partial charge in [0.25, 0.3) is 0 Å². The maximum absolute atomic E-state index is 11.4. The molecule has 15 heavy (non-hydrogen) atoms. The highest BCUT2D eigenvalue weighted by Gasteiger charge is 2.27. The van der Waals surface area contributed by atoms with E-state index in [0.29, 0.717) is 6.54 Å². The molecule has 0 saturated carbocycles. The van der Waals surface area contributed by atoms with Crippen molar-refractivity contribution < 1.29 is 14.3 Å². The third-order valence-electron chi connectivity index (χ3n) is 1.97. The van der Waals surface area contributed by atoms with Crippen molar-refractivity contribution in [1.82, 2.24) is 4.90 Å². The van der Waals surface area contributed by atoms with Crippen molar-refractivity contribution in [3.05, 3.63) is 0 Å². The van der Waals surface area contributed by atoms with Crippen LogP contribution >= 0.6 is 11.6 Å². The summed E-state index contributed by atoms with van der Waals surface area (Å²) in [6, 6.07) is 0. The van der Waals surface area contributed by atoms with Gasteiger partial charge in [-0.05, 0) is 20.8 Å². The summed E-state index contributed by atoms with van der Waals surface area (Å²) in [7, 11) is 1.32. The normalized spacial score (nSPS) is 11.0. The lowest BCUT2D eigenvalue weighted by Crippen LogP contribution is -2.46. The summed E-state index contributed by atoms with van der Waals surface area (Å²) < 4.78 is 4.65. The van der Waals surface area contributed by atoms with Crippen LogP contribution in [0, 0.1) is 0 Å². The van der Waals surface area contributed by atoms with Gasteiger partial charge in [-0.1, -0.05) is 0 Å². The van der Waals surface area contributed by atoms with Gasteiger partial charge in [-0.25, -0.2) is 4.79 Å². The van der Waals surface area contributed by atoms with Gasteiger partial charge in [-0.15, -0.1) is 11.6 Å². The molecule has 0 spiro atoms. The second kappa shape index (κ2) is 5.95. The lowest BCUT2D eigenvalue weighted by atomic mass is 10.1. The SMILES string of the molecule is COC(=O)N(CCC(=O)CCl)C(C)(C)C. The molecule has 0 aromatic rings. The minimum absolute atomic E-state index is 0.0147. The fourth-order valence-corrected chi connectivity index (χ4v) is 1.25. The summed E-state index contributed by atoms with van der Waals surface area (Å²) in [6.45, 7) is 5.99.